The Balaban J connectivity index is 2.40. The summed E-state index contributed by atoms with van der Waals surface area (Å²) in [7, 11) is -3.36. The first-order valence-corrected chi connectivity index (χ1v) is 7.62. The van der Waals surface area contributed by atoms with Gasteiger partial charge in [0, 0.05) is 18.7 Å². The van der Waals surface area contributed by atoms with E-state index in [1.165, 1.54) is 6.07 Å². The summed E-state index contributed by atoms with van der Waals surface area (Å²) in [6.45, 7) is 3.20. The van der Waals surface area contributed by atoms with Crippen molar-refractivity contribution in [2.45, 2.75) is 19.9 Å². The van der Waals surface area contributed by atoms with Crippen LogP contribution in [-0.4, -0.2) is 27.3 Å². The van der Waals surface area contributed by atoms with Crippen molar-refractivity contribution in [3.8, 4) is 0 Å². The minimum absolute atomic E-state index is 0.00144. The van der Waals surface area contributed by atoms with Crippen LogP contribution in [-0.2, 0) is 16.6 Å². The molecule has 4 nitrogen and oxygen atoms in total. The second-order valence-electron chi connectivity index (χ2n) is 3.98. The lowest BCUT2D eigenvalue weighted by atomic mass is 10.2. The molecule has 0 saturated carbocycles. The van der Waals surface area contributed by atoms with E-state index in [-0.39, 0.29) is 12.3 Å². The Hall–Kier alpha value is -0.980. The molecule has 2 N–H and O–H groups in total. The molecule has 102 valence electrons. The molecule has 0 bridgehead atoms. The normalized spacial score (nSPS) is 11.7. The van der Waals surface area contributed by atoms with Gasteiger partial charge in [0.15, 0.2) is 0 Å². The summed E-state index contributed by atoms with van der Waals surface area (Å²) in [5.74, 6) is -0.397. The highest BCUT2D eigenvalue weighted by Crippen LogP contribution is 2.05. The second-order valence-corrected chi connectivity index (χ2v) is 5.91. The zero-order valence-corrected chi connectivity index (χ0v) is 11.3. The topological polar surface area (TPSA) is 58.2 Å². The van der Waals surface area contributed by atoms with Crippen molar-refractivity contribution in [3.05, 3.63) is 35.6 Å². The molecule has 0 aliphatic rings. The molecule has 0 unspecified atom stereocenters. The fourth-order valence-corrected chi connectivity index (χ4v) is 2.34. The largest absolute Gasteiger partial charge is 0.316 e. The molecule has 0 saturated heterocycles. The van der Waals surface area contributed by atoms with E-state index in [1.807, 2.05) is 6.92 Å². The Morgan fingerprint density at radius 3 is 2.61 bits per heavy atom. The lowest BCUT2D eigenvalue weighted by Gasteiger charge is -2.08. The fourth-order valence-electron chi connectivity index (χ4n) is 1.41. The van der Waals surface area contributed by atoms with Gasteiger partial charge in [0.25, 0.3) is 0 Å². The van der Waals surface area contributed by atoms with E-state index < -0.39 is 15.8 Å². The van der Waals surface area contributed by atoms with Gasteiger partial charge in [0.2, 0.25) is 10.0 Å². The smallest absolute Gasteiger partial charge is 0.213 e. The van der Waals surface area contributed by atoms with Crippen LogP contribution < -0.4 is 10.0 Å². The maximum atomic E-state index is 13.3. The Kier molecular flexibility index (Phi) is 6.24. The zero-order chi connectivity index (χ0) is 13.4. The predicted molar refractivity (Wildman–Crippen MR) is 70.2 cm³/mol. The molecule has 0 fully saturated rings. The van der Waals surface area contributed by atoms with Crippen molar-refractivity contribution >= 4 is 10.0 Å². The van der Waals surface area contributed by atoms with Crippen LogP contribution in [0.3, 0.4) is 0 Å². The lowest BCUT2D eigenvalue weighted by Crippen LogP contribution is -2.32. The van der Waals surface area contributed by atoms with Crippen LogP contribution in [0.25, 0.3) is 0 Å². The van der Waals surface area contributed by atoms with Gasteiger partial charge < -0.3 is 5.32 Å². The fraction of sp³-hybridized carbons (Fsp3) is 0.500. The first-order chi connectivity index (χ1) is 8.55. The highest BCUT2D eigenvalue weighted by Gasteiger charge is 2.10. The van der Waals surface area contributed by atoms with Crippen molar-refractivity contribution in [3.63, 3.8) is 0 Å². The van der Waals surface area contributed by atoms with E-state index >= 15 is 0 Å². The van der Waals surface area contributed by atoms with Gasteiger partial charge in [-0.25, -0.2) is 17.5 Å². The maximum Gasteiger partial charge on any atom is 0.213 e. The third kappa shape index (κ3) is 5.57. The zero-order valence-electron chi connectivity index (χ0n) is 10.4. The van der Waals surface area contributed by atoms with E-state index in [2.05, 4.69) is 10.0 Å². The molecule has 0 heterocycles. The molecular formula is C12H19FN2O2S. The number of benzene rings is 1. The number of hydrogen-bond acceptors (Lipinski definition) is 3. The molecule has 0 radical (unpaired) electrons. The van der Waals surface area contributed by atoms with E-state index in [4.69, 9.17) is 0 Å². The number of hydrogen-bond donors (Lipinski definition) is 2. The standard InChI is InChI=1S/C12H19FN2O2S/c1-2-7-14-8-9-18(16,17)15-10-11-5-3-4-6-12(11)13/h3-6,14-15H,2,7-10H2,1H3. The number of sulfonamides is 1. The second kappa shape index (κ2) is 7.45. The van der Waals surface area contributed by atoms with Crippen molar-refractivity contribution in [2.24, 2.45) is 0 Å². The van der Waals surface area contributed by atoms with Crippen LogP contribution in [0.15, 0.2) is 24.3 Å². The Morgan fingerprint density at radius 2 is 1.94 bits per heavy atom. The summed E-state index contributed by atoms with van der Waals surface area (Å²) in [5, 5.41) is 3.01. The summed E-state index contributed by atoms with van der Waals surface area (Å²) in [5.41, 5.74) is 0.350. The molecule has 0 aliphatic carbocycles. The number of rotatable bonds is 8. The Bertz CT molecular complexity index is 463. The van der Waals surface area contributed by atoms with Gasteiger partial charge in [-0.15, -0.1) is 0 Å². The van der Waals surface area contributed by atoms with Gasteiger partial charge in [0.05, 0.1) is 5.75 Å². The van der Waals surface area contributed by atoms with Crippen molar-refractivity contribution in [1.82, 2.24) is 10.0 Å². The average molecular weight is 274 g/mol. The van der Waals surface area contributed by atoms with Gasteiger partial charge in [-0.3, -0.25) is 0 Å². The quantitative estimate of drug-likeness (QED) is 0.701. The van der Waals surface area contributed by atoms with Crippen LogP contribution in [0.5, 0.6) is 0 Å². The molecule has 1 aromatic rings. The van der Waals surface area contributed by atoms with Crippen LogP contribution in [0, 0.1) is 5.82 Å². The highest BCUT2D eigenvalue weighted by molar-refractivity contribution is 7.89. The predicted octanol–water partition coefficient (Wildman–Crippen LogP) is 1.24. The molecule has 0 amide bonds. The third-order valence-corrected chi connectivity index (χ3v) is 3.74. The maximum absolute atomic E-state index is 13.3. The molecule has 0 spiro atoms. The van der Waals surface area contributed by atoms with Crippen LogP contribution >= 0.6 is 0 Å². The van der Waals surface area contributed by atoms with Crippen LogP contribution in [0.1, 0.15) is 18.9 Å². The van der Waals surface area contributed by atoms with Gasteiger partial charge in [-0.05, 0) is 19.0 Å². The molecule has 0 aromatic heterocycles. The summed E-state index contributed by atoms with van der Waals surface area (Å²) >= 11 is 0. The highest BCUT2D eigenvalue weighted by atomic mass is 32.2. The lowest BCUT2D eigenvalue weighted by molar-refractivity contribution is 0.570. The minimum atomic E-state index is -3.36. The van der Waals surface area contributed by atoms with Crippen LogP contribution in [0.4, 0.5) is 4.39 Å². The Labute approximate surface area is 108 Å². The SMILES string of the molecule is CCCNCCS(=O)(=O)NCc1ccccc1F. The molecule has 6 heteroatoms. The van der Waals surface area contributed by atoms with Gasteiger partial charge in [0.1, 0.15) is 5.82 Å². The molecule has 1 rings (SSSR count). The van der Waals surface area contributed by atoms with Gasteiger partial charge >= 0.3 is 0 Å². The monoisotopic (exact) mass is 274 g/mol. The number of halogens is 1. The van der Waals surface area contributed by atoms with E-state index in [1.54, 1.807) is 18.2 Å². The average Bonchev–Trinajstić information content (AvgIpc) is 2.34. The van der Waals surface area contributed by atoms with Crippen molar-refractivity contribution in [2.75, 3.05) is 18.8 Å². The summed E-state index contributed by atoms with van der Waals surface area (Å²) in [6, 6.07) is 6.12. The van der Waals surface area contributed by atoms with Gasteiger partial charge in [-0.1, -0.05) is 25.1 Å². The molecule has 18 heavy (non-hydrogen) atoms. The number of nitrogens with one attached hydrogen (secondary N) is 2. The Morgan fingerprint density at radius 1 is 1.22 bits per heavy atom. The first kappa shape index (κ1) is 15.1. The minimum Gasteiger partial charge on any atom is -0.316 e. The van der Waals surface area contributed by atoms with E-state index in [0.717, 1.165) is 13.0 Å². The third-order valence-electron chi connectivity index (χ3n) is 2.41. The van der Waals surface area contributed by atoms with E-state index in [9.17, 15) is 12.8 Å². The first-order valence-electron chi connectivity index (χ1n) is 5.96. The van der Waals surface area contributed by atoms with Gasteiger partial charge in [-0.2, -0.15) is 0 Å². The summed E-state index contributed by atoms with van der Waals surface area (Å²) < 4.78 is 38.9. The summed E-state index contributed by atoms with van der Waals surface area (Å²) in [4.78, 5) is 0. The van der Waals surface area contributed by atoms with Crippen molar-refractivity contribution in [1.29, 1.82) is 0 Å². The molecular weight excluding hydrogens is 255 g/mol. The molecule has 0 aliphatic heterocycles. The van der Waals surface area contributed by atoms with E-state index in [0.29, 0.717) is 12.1 Å². The van der Waals surface area contributed by atoms with Crippen LogP contribution in [0.2, 0.25) is 0 Å². The van der Waals surface area contributed by atoms with Crippen molar-refractivity contribution < 1.29 is 12.8 Å². The molecule has 0 atom stereocenters. The molecule has 1 aromatic carbocycles. The summed E-state index contributed by atoms with van der Waals surface area (Å²) in [6.07, 6.45) is 0.961.